The van der Waals surface area contributed by atoms with E-state index >= 15 is 0 Å². The van der Waals surface area contributed by atoms with E-state index in [-0.39, 0.29) is 12.0 Å². The minimum absolute atomic E-state index is 0.181. The summed E-state index contributed by atoms with van der Waals surface area (Å²) in [6.07, 6.45) is 2.43. The topological polar surface area (TPSA) is 58.6 Å². The van der Waals surface area contributed by atoms with E-state index in [2.05, 4.69) is 29.6 Å². The van der Waals surface area contributed by atoms with Crippen LogP contribution >= 0.6 is 23.1 Å². The third kappa shape index (κ3) is 7.28. The normalized spacial score (nSPS) is 15.0. The molecule has 1 aromatic carbocycles. The fourth-order valence-corrected chi connectivity index (χ4v) is 5.48. The molecule has 2 aromatic rings. The summed E-state index contributed by atoms with van der Waals surface area (Å²) in [4.78, 5) is 28.5. The lowest BCUT2D eigenvalue weighted by Crippen LogP contribution is -2.39. The van der Waals surface area contributed by atoms with Crippen molar-refractivity contribution in [2.75, 3.05) is 19.6 Å². The molecule has 1 saturated heterocycles. The summed E-state index contributed by atoms with van der Waals surface area (Å²) < 4.78 is 5.25. The Bertz CT molecular complexity index is 879. The Balaban J connectivity index is 1.40. The Hall–Kier alpha value is -1.99. The van der Waals surface area contributed by atoms with Crippen LogP contribution < -0.4 is 5.32 Å². The van der Waals surface area contributed by atoms with Crippen LogP contribution in [0.25, 0.3) is 0 Å². The first-order chi connectivity index (χ1) is 14.7. The number of rotatable bonds is 6. The summed E-state index contributed by atoms with van der Waals surface area (Å²) in [7, 11) is 0. The number of hydrogen-bond donors (Lipinski definition) is 1. The van der Waals surface area contributed by atoms with Gasteiger partial charge in [0.05, 0.1) is 4.88 Å². The Morgan fingerprint density at radius 1 is 1.16 bits per heavy atom. The molecule has 1 fully saturated rings. The number of likely N-dealkylation sites (tertiary alicyclic amines) is 1. The predicted octanol–water partition coefficient (Wildman–Crippen LogP) is 5.52. The number of nitrogens with one attached hydrogen (secondary N) is 1. The van der Waals surface area contributed by atoms with Crippen LogP contribution in [0.1, 0.15) is 54.4 Å². The number of thioether (sulfide) groups is 1. The molecule has 2 amide bonds. The molecule has 31 heavy (non-hydrogen) atoms. The van der Waals surface area contributed by atoms with Gasteiger partial charge in [-0.3, -0.25) is 4.79 Å². The Morgan fingerprint density at radius 3 is 2.42 bits per heavy atom. The van der Waals surface area contributed by atoms with Crippen LogP contribution in [0.3, 0.4) is 0 Å². The number of amides is 2. The molecule has 1 N–H and O–H groups in total. The zero-order valence-electron chi connectivity index (χ0n) is 18.8. The fourth-order valence-electron chi connectivity index (χ4n) is 3.46. The number of nitrogens with zero attached hydrogens (tertiary/aromatic N) is 1. The maximum absolute atomic E-state index is 12.7. The van der Waals surface area contributed by atoms with Crippen molar-refractivity contribution in [1.29, 1.82) is 0 Å². The first-order valence-electron chi connectivity index (χ1n) is 10.8. The monoisotopic (exact) mass is 460 g/mol. The number of ether oxygens (including phenoxy) is 1. The van der Waals surface area contributed by atoms with Gasteiger partial charge in [-0.25, -0.2) is 4.79 Å². The standard InChI is InChI=1S/C24H32N2O3S2/c1-17-12-16-30-21(17)22(27)26-14-10-20(11-15-26)31-19-7-5-18(6-8-19)9-13-25-23(28)29-24(2,3)4/h5-8,12,16,20H,9-11,13-15H2,1-4H3,(H,25,28). The number of hydrogen-bond acceptors (Lipinski definition) is 5. The van der Waals surface area contributed by atoms with Gasteiger partial charge in [-0.05, 0) is 81.7 Å². The molecular formula is C24H32N2O3S2. The second-order valence-corrected chi connectivity index (χ2v) is 11.2. The van der Waals surface area contributed by atoms with E-state index in [1.54, 1.807) is 0 Å². The van der Waals surface area contributed by atoms with Crippen LogP contribution in [0.2, 0.25) is 0 Å². The molecule has 3 rings (SSSR count). The highest BCUT2D eigenvalue weighted by Gasteiger charge is 2.25. The molecule has 0 atom stereocenters. The second-order valence-electron chi connectivity index (χ2n) is 8.86. The molecule has 7 heteroatoms. The third-order valence-corrected chi connectivity index (χ3v) is 7.45. The lowest BCUT2D eigenvalue weighted by Gasteiger charge is -2.31. The average Bonchev–Trinajstić information content (AvgIpc) is 3.14. The molecule has 5 nitrogen and oxygen atoms in total. The summed E-state index contributed by atoms with van der Waals surface area (Å²) in [5, 5.41) is 5.32. The molecule has 2 heterocycles. The van der Waals surface area contributed by atoms with Crippen molar-refractivity contribution in [3.05, 3.63) is 51.7 Å². The van der Waals surface area contributed by atoms with Gasteiger partial charge in [0.1, 0.15) is 5.60 Å². The first kappa shape index (κ1) is 23.7. The Labute approximate surface area is 193 Å². The van der Waals surface area contributed by atoms with Crippen LogP contribution in [-0.4, -0.2) is 47.4 Å². The summed E-state index contributed by atoms with van der Waals surface area (Å²) in [5.74, 6) is 0.181. The van der Waals surface area contributed by atoms with E-state index in [0.29, 0.717) is 11.8 Å². The minimum atomic E-state index is -0.477. The van der Waals surface area contributed by atoms with Gasteiger partial charge in [0, 0.05) is 29.8 Å². The second kappa shape index (κ2) is 10.6. The lowest BCUT2D eigenvalue weighted by molar-refractivity contribution is 0.0528. The van der Waals surface area contributed by atoms with Crippen molar-refractivity contribution in [1.82, 2.24) is 10.2 Å². The van der Waals surface area contributed by atoms with Crippen LogP contribution in [0.15, 0.2) is 40.6 Å². The van der Waals surface area contributed by atoms with E-state index in [9.17, 15) is 9.59 Å². The van der Waals surface area contributed by atoms with Crippen LogP contribution in [0, 0.1) is 6.92 Å². The van der Waals surface area contributed by atoms with Crippen LogP contribution in [-0.2, 0) is 11.2 Å². The summed E-state index contributed by atoms with van der Waals surface area (Å²) in [5.41, 5.74) is 1.79. The number of benzene rings is 1. The van der Waals surface area contributed by atoms with Gasteiger partial charge in [-0.15, -0.1) is 23.1 Å². The smallest absolute Gasteiger partial charge is 0.407 e. The predicted molar refractivity (Wildman–Crippen MR) is 128 cm³/mol. The molecule has 0 bridgehead atoms. The number of carbonyl (C=O) groups is 2. The van der Waals surface area contributed by atoms with Gasteiger partial charge in [0.15, 0.2) is 0 Å². The molecule has 0 saturated carbocycles. The van der Waals surface area contributed by atoms with Crippen molar-refractivity contribution >= 4 is 35.1 Å². The van der Waals surface area contributed by atoms with Gasteiger partial charge in [0.25, 0.3) is 5.91 Å². The van der Waals surface area contributed by atoms with E-state index in [1.165, 1.54) is 21.8 Å². The Kier molecular flexibility index (Phi) is 8.06. The number of alkyl carbamates (subject to hydrolysis) is 1. The SMILES string of the molecule is Cc1ccsc1C(=O)N1CCC(Sc2ccc(CCNC(=O)OC(C)(C)C)cc2)CC1. The van der Waals surface area contributed by atoms with Crippen molar-refractivity contribution in [2.45, 2.75) is 62.7 Å². The summed E-state index contributed by atoms with van der Waals surface area (Å²) >= 11 is 3.44. The van der Waals surface area contributed by atoms with E-state index < -0.39 is 5.60 Å². The van der Waals surface area contributed by atoms with Gasteiger partial charge < -0.3 is 15.0 Å². The highest BCUT2D eigenvalue weighted by atomic mass is 32.2. The molecular weight excluding hydrogens is 428 g/mol. The highest BCUT2D eigenvalue weighted by molar-refractivity contribution is 8.00. The minimum Gasteiger partial charge on any atom is -0.444 e. The van der Waals surface area contributed by atoms with Crippen LogP contribution in [0.5, 0.6) is 0 Å². The van der Waals surface area contributed by atoms with Crippen molar-refractivity contribution < 1.29 is 14.3 Å². The molecule has 168 valence electrons. The fraction of sp³-hybridized carbons (Fsp3) is 0.500. The molecule has 1 aromatic heterocycles. The molecule has 0 unspecified atom stereocenters. The van der Waals surface area contributed by atoms with Crippen molar-refractivity contribution in [3.63, 3.8) is 0 Å². The zero-order valence-corrected chi connectivity index (χ0v) is 20.4. The molecule has 1 aliphatic heterocycles. The highest BCUT2D eigenvalue weighted by Crippen LogP contribution is 2.31. The maximum atomic E-state index is 12.7. The van der Waals surface area contributed by atoms with E-state index in [1.807, 2.05) is 55.8 Å². The van der Waals surface area contributed by atoms with Gasteiger partial charge in [-0.2, -0.15) is 0 Å². The number of piperidine rings is 1. The number of carbonyl (C=O) groups excluding carboxylic acids is 2. The van der Waals surface area contributed by atoms with E-state index in [4.69, 9.17) is 4.74 Å². The molecule has 0 spiro atoms. The van der Waals surface area contributed by atoms with Gasteiger partial charge in [0.2, 0.25) is 0 Å². The number of thiophene rings is 1. The first-order valence-corrected chi connectivity index (χ1v) is 12.5. The summed E-state index contributed by atoms with van der Waals surface area (Å²) in [6, 6.07) is 10.6. The molecule has 1 aliphatic rings. The zero-order chi connectivity index (χ0) is 22.4. The quantitative estimate of drug-likeness (QED) is 0.617. The Morgan fingerprint density at radius 2 is 1.84 bits per heavy atom. The van der Waals surface area contributed by atoms with Crippen molar-refractivity contribution in [3.8, 4) is 0 Å². The largest absolute Gasteiger partial charge is 0.444 e. The maximum Gasteiger partial charge on any atom is 0.407 e. The molecule has 0 radical (unpaired) electrons. The van der Waals surface area contributed by atoms with Crippen molar-refractivity contribution in [2.24, 2.45) is 0 Å². The van der Waals surface area contributed by atoms with E-state index in [0.717, 1.165) is 42.8 Å². The van der Waals surface area contributed by atoms with Gasteiger partial charge in [-0.1, -0.05) is 12.1 Å². The molecule has 0 aliphatic carbocycles. The lowest BCUT2D eigenvalue weighted by atomic mass is 10.1. The third-order valence-electron chi connectivity index (χ3n) is 5.09. The number of aryl methyl sites for hydroxylation is 1. The average molecular weight is 461 g/mol. The van der Waals surface area contributed by atoms with Gasteiger partial charge >= 0.3 is 6.09 Å². The summed E-state index contributed by atoms with van der Waals surface area (Å²) in [6.45, 7) is 9.77. The van der Waals surface area contributed by atoms with Crippen LogP contribution in [0.4, 0.5) is 4.79 Å².